The first-order valence-electron chi connectivity index (χ1n) is 6.74. The lowest BCUT2D eigenvalue weighted by atomic mass is 9.83. The van der Waals surface area contributed by atoms with E-state index < -0.39 is 0 Å². The second kappa shape index (κ2) is 6.58. The number of hydrogen-bond donors (Lipinski definition) is 1. The molecule has 2 rings (SSSR count). The lowest BCUT2D eigenvalue weighted by molar-refractivity contribution is -0.0865. The van der Waals surface area contributed by atoms with Crippen molar-refractivity contribution in [1.29, 1.82) is 0 Å². The van der Waals surface area contributed by atoms with E-state index in [-0.39, 0.29) is 6.10 Å². The van der Waals surface area contributed by atoms with Gasteiger partial charge in [-0.25, -0.2) is 0 Å². The van der Waals surface area contributed by atoms with Gasteiger partial charge in [-0.15, -0.1) is 0 Å². The molecule has 1 aliphatic carbocycles. The minimum absolute atomic E-state index is 0.274. The Labute approximate surface area is 98.9 Å². The summed E-state index contributed by atoms with van der Waals surface area (Å²) in [6.45, 7) is 6.76. The van der Waals surface area contributed by atoms with Gasteiger partial charge in [0.15, 0.2) is 0 Å². The number of rotatable bonds is 4. The molecule has 0 aromatic carbocycles. The predicted molar refractivity (Wildman–Crippen MR) is 64.6 cm³/mol. The Morgan fingerprint density at radius 3 is 2.56 bits per heavy atom. The van der Waals surface area contributed by atoms with E-state index in [1.165, 1.54) is 25.7 Å². The first kappa shape index (κ1) is 12.3. The Bertz CT molecular complexity index is 184. The van der Waals surface area contributed by atoms with E-state index in [1.54, 1.807) is 0 Å². The van der Waals surface area contributed by atoms with Crippen LogP contribution in [0.15, 0.2) is 0 Å². The van der Waals surface area contributed by atoms with Crippen molar-refractivity contribution in [3.8, 4) is 0 Å². The molecule has 2 fully saturated rings. The van der Waals surface area contributed by atoms with E-state index in [9.17, 15) is 0 Å². The summed E-state index contributed by atoms with van der Waals surface area (Å²) in [5.74, 6) is 1.84. The van der Waals surface area contributed by atoms with Crippen LogP contribution in [0.3, 0.4) is 0 Å². The first-order chi connectivity index (χ1) is 7.84. The maximum atomic E-state index is 5.60. The number of ether oxygens (including phenoxy) is 2. The molecule has 0 amide bonds. The lowest BCUT2D eigenvalue weighted by Crippen LogP contribution is -2.39. The molecule has 3 heteroatoms. The van der Waals surface area contributed by atoms with Crippen molar-refractivity contribution >= 4 is 0 Å². The second-order valence-corrected chi connectivity index (χ2v) is 5.35. The van der Waals surface area contributed by atoms with Crippen molar-refractivity contribution < 1.29 is 9.47 Å². The van der Waals surface area contributed by atoms with Gasteiger partial charge in [0, 0.05) is 6.54 Å². The van der Waals surface area contributed by atoms with Crippen molar-refractivity contribution in [3.63, 3.8) is 0 Å². The molecule has 0 aromatic heterocycles. The summed E-state index contributed by atoms with van der Waals surface area (Å²) in [6, 6.07) is 0. The molecule has 1 N–H and O–H groups in total. The normalized spacial score (nSPS) is 36.2. The average Bonchev–Trinajstić information content (AvgIpc) is 2.33. The van der Waals surface area contributed by atoms with Crippen LogP contribution in [-0.2, 0) is 9.47 Å². The molecule has 1 saturated carbocycles. The van der Waals surface area contributed by atoms with E-state index >= 15 is 0 Å². The zero-order valence-corrected chi connectivity index (χ0v) is 10.4. The van der Waals surface area contributed by atoms with E-state index in [2.05, 4.69) is 12.2 Å². The van der Waals surface area contributed by atoms with Crippen molar-refractivity contribution in [2.45, 2.75) is 38.7 Å². The van der Waals surface area contributed by atoms with Gasteiger partial charge in [0.25, 0.3) is 0 Å². The standard InChI is InChI=1S/C13H25NO2/c1-11-2-4-12(5-3-11)8-14-9-13-10-15-6-7-16-13/h11-14H,2-10H2,1H3. The third-order valence-corrected chi connectivity index (χ3v) is 3.83. The zero-order valence-electron chi connectivity index (χ0n) is 10.4. The first-order valence-corrected chi connectivity index (χ1v) is 6.74. The van der Waals surface area contributed by atoms with Gasteiger partial charge in [-0.2, -0.15) is 0 Å². The van der Waals surface area contributed by atoms with Crippen LogP contribution in [0, 0.1) is 11.8 Å². The van der Waals surface area contributed by atoms with Crippen molar-refractivity contribution in [3.05, 3.63) is 0 Å². The topological polar surface area (TPSA) is 30.5 Å². The molecule has 0 spiro atoms. The van der Waals surface area contributed by atoms with E-state index in [4.69, 9.17) is 9.47 Å². The molecule has 1 aliphatic heterocycles. The van der Waals surface area contributed by atoms with Gasteiger partial charge >= 0.3 is 0 Å². The fourth-order valence-corrected chi connectivity index (χ4v) is 2.64. The van der Waals surface area contributed by atoms with Crippen LogP contribution in [0.2, 0.25) is 0 Å². The summed E-state index contributed by atoms with van der Waals surface area (Å²) in [7, 11) is 0. The molecule has 0 aromatic rings. The third kappa shape index (κ3) is 4.04. The summed E-state index contributed by atoms with van der Waals surface area (Å²) < 4.78 is 11.0. The van der Waals surface area contributed by atoms with Crippen LogP contribution in [0.25, 0.3) is 0 Å². The third-order valence-electron chi connectivity index (χ3n) is 3.83. The molecular formula is C13H25NO2. The van der Waals surface area contributed by atoms with Crippen LogP contribution < -0.4 is 5.32 Å². The van der Waals surface area contributed by atoms with Crippen LogP contribution in [0.4, 0.5) is 0 Å². The van der Waals surface area contributed by atoms with Crippen molar-refractivity contribution in [2.75, 3.05) is 32.9 Å². The van der Waals surface area contributed by atoms with Gasteiger partial charge in [0.2, 0.25) is 0 Å². The molecule has 1 unspecified atom stereocenters. The molecular weight excluding hydrogens is 202 g/mol. The molecule has 94 valence electrons. The Hall–Kier alpha value is -0.120. The molecule has 0 bridgehead atoms. The highest BCUT2D eigenvalue weighted by Gasteiger charge is 2.19. The molecule has 3 nitrogen and oxygen atoms in total. The maximum absolute atomic E-state index is 5.60. The SMILES string of the molecule is CC1CCC(CNCC2COCCO2)CC1. The number of hydrogen-bond acceptors (Lipinski definition) is 3. The monoisotopic (exact) mass is 227 g/mol. The van der Waals surface area contributed by atoms with Gasteiger partial charge < -0.3 is 14.8 Å². The van der Waals surface area contributed by atoms with Gasteiger partial charge in [-0.3, -0.25) is 0 Å². The van der Waals surface area contributed by atoms with Gasteiger partial charge in [-0.05, 0) is 31.2 Å². The van der Waals surface area contributed by atoms with Gasteiger partial charge in [0.05, 0.1) is 25.9 Å². The highest BCUT2D eigenvalue weighted by Crippen LogP contribution is 2.27. The summed E-state index contributed by atoms with van der Waals surface area (Å²) in [5, 5.41) is 3.53. The fourth-order valence-electron chi connectivity index (χ4n) is 2.64. The Kier molecular flexibility index (Phi) is 5.07. The van der Waals surface area contributed by atoms with Crippen LogP contribution in [-0.4, -0.2) is 39.0 Å². The molecule has 1 atom stereocenters. The minimum atomic E-state index is 0.274. The second-order valence-electron chi connectivity index (χ2n) is 5.35. The highest BCUT2D eigenvalue weighted by molar-refractivity contribution is 4.73. The summed E-state index contributed by atoms with van der Waals surface area (Å²) in [5.41, 5.74) is 0. The summed E-state index contributed by atoms with van der Waals surface area (Å²) >= 11 is 0. The Morgan fingerprint density at radius 1 is 1.06 bits per heavy atom. The van der Waals surface area contributed by atoms with Crippen LogP contribution in [0.1, 0.15) is 32.6 Å². The fraction of sp³-hybridized carbons (Fsp3) is 1.00. The summed E-state index contributed by atoms with van der Waals surface area (Å²) in [6.07, 6.45) is 5.90. The van der Waals surface area contributed by atoms with E-state index in [0.717, 1.165) is 44.7 Å². The molecule has 0 radical (unpaired) electrons. The zero-order chi connectivity index (χ0) is 11.2. The number of nitrogens with one attached hydrogen (secondary N) is 1. The van der Waals surface area contributed by atoms with Crippen molar-refractivity contribution in [2.24, 2.45) is 11.8 Å². The van der Waals surface area contributed by atoms with Gasteiger partial charge in [0.1, 0.15) is 0 Å². The van der Waals surface area contributed by atoms with Crippen LogP contribution >= 0.6 is 0 Å². The maximum Gasteiger partial charge on any atom is 0.0933 e. The average molecular weight is 227 g/mol. The van der Waals surface area contributed by atoms with Crippen molar-refractivity contribution in [1.82, 2.24) is 5.32 Å². The predicted octanol–water partition coefficient (Wildman–Crippen LogP) is 1.82. The lowest BCUT2D eigenvalue weighted by Gasteiger charge is -2.28. The Morgan fingerprint density at radius 2 is 1.88 bits per heavy atom. The molecule has 2 aliphatic rings. The molecule has 1 saturated heterocycles. The largest absolute Gasteiger partial charge is 0.376 e. The summed E-state index contributed by atoms with van der Waals surface area (Å²) in [4.78, 5) is 0. The smallest absolute Gasteiger partial charge is 0.0933 e. The quantitative estimate of drug-likeness (QED) is 0.794. The molecule has 16 heavy (non-hydrogen) atoms. The minimum Gasteiger partial charge on any atom is -0.376 e. The Balaban J connectivity index is 1.53. The van der Waals surface area contributed by atoms with E-state index in [1.807, 2.05) is 0 Å². The molecule has 1 heterocycles. The highest BCUT2D eigenvalue weighted by atomic mass is 16.6. The van der Waals surface area contributed by atoms with Crippen LogP contribution in [0.5, 0.6) is 0 Å². The van der Waals surface area contributed by atoms with Gasteiger partial charge in [-0.1, -0.05) is 19.8 Å². The van der Waals surface area contributed by atoms with E-state index in [0.29, 0.717) is 0 Å².